The summed E-state index contributed by atoms with van der Waals surface area (Å²) in [7, 11) is 1.63. The maximum Gasteiger partial charge on any atom is 0.417 e. The minimum absolute atomic E-state index is 0.0282. The number of imidazole rings is 1. The number of carbonyl (C=O) groups excluding carboxylic acids is 2. The van der Waals surface area contributed by atoms with E-state index >= 15 is 8.78 Å². The number of anilines is 1. The Morgan fingerprint density at radius 2 is 1.83 bits per heavy atom. The number of pyridine rings is 1. The number of aromatic nitrogens is 3. The number of rotatable bonds is 8. The lowest BCUT2D eigenvalue weighted by Gasteiger charge is -2.22. The van der Waals surface area contributed by atoms with Crippen LogP contribution >= 0.6 is 0 Å². The summed E-state index contributed by atoms with van der Waals surface area (Å²) in [5.41, 5.74) is -0.940. The van der Waals surface area contributed by atoms with Gasteiger partial charge in [-0.2, -0.15) is 13.2 Å². The highest BCUT2D eigenvalue weighted by Gasteiger charge is 2.35. The summed E-state index contributed by atoms with van der Waals surface area (Å²) in [4.78, 5) is 30.2. The number of benzene rings is 2. The second kappa shape index (κ2) is 12.7. The van der Waals surface area contributed by atoms with Crippen molar-refractivity contribution in [1.29, 1.82) is 0 Å². The Kier molecular flexibility index (Phi) is 8.68. The van der Waals surface area contributed by atoms with Crippen LogP contribution in [0.4, 0.5) is 27.6 Å². The molecule has 1 fully saturated rings. The van der Waals surface area contributed by atoms with Crippen molar-refractivity contribution in [2.24, 2.45) is 7.05 Å². The molecule has 0 bridgehead atoms. The number of alkyl halides is 3. The first kappa shape index (κ1) is 32.1. The van der Waals surface area contributed by atoms with Crippen molar-refractivity contribution in [1.82, 2.24) is 19.3 Å². The van der Waals surface area contributed by atoms with Crippen LogP contribution < -0.4 is 10.6 Å². The number of nitrogens with one attached hydrogen (secondary N) is 2. The van der Waals surface area contributed by atoms with Crippen LogP contribution in [-0.4, -0.2) is 51.4 Å². The molecular weight excluding hydrogens is 621 g/mol. The van der Waals surface area contributed by atoms with E-state index in [4.69, 9.17) is 4.74 Å². The van der Waals surface area contributed by atoms with Gasteiger partial charge in [-0.3, -0.25) is 9.59 Å². The van der Waals surface area contributed by atoms with E-state index in [-0.39, 0.29) is 33.9 Å². The highest BCUT2D eigenvalue weighted by molar-refractivity contribution is 6.09. The number of fused-ring (bicyclic) bond motifs is 2. The normalized spacial score (nSPS) is 15.6. The Morgan fingerprint density at radius 3 is 2.53 bits per heavy atom. The van der Waals surface area contributed by atoms with Gasteiger partial charge in [0.15, 0.2) is 0 Å². The van der Waals surface area contributed by atoms with E-state index in [1.165, 1.54) is 47.0 Å². The molecule has 0 saturated carbocycles. The molecule has 2 aromatic carbocycles. The molecule has 8 nitrogen and oxygen atoms in total. The average molecular weight is 652 g/mol. The lowest BCUT2D eigenvalue weighted by atomic mass is 9.98. The fourth-order valence-electron chi connectivity index (χ4n) is 5.81. The van der Waals surface area contributed by atoms with E-state index in [1.807, 2.05) is 0 Å². The zero-order valence-electron chi connectivity index (χ0n) is 25.4. The van der Waals surface area contributed by atoms with Crippen LogP contribution in [0.15, 0.2) is 66.9 Å². The number of amides is 1. The third-order valence-electron chi connectivity index (χ3n) is 8.27. The van der Waals surface area contributed by atoms with Crippen molar-refractivity contribution in [2.75, 3.05) is 25.1 Å². The predicted molar refractivity (Wildman–Crippen MR) is 166 cm³/mol. The SMILES string of the molecule is Cc1nc2cc(-c3cccn4c(C(=O)c5cc(F)c(NC(=O)/C=C/CNC6CCCOC6)c(F)c5)ccc34)c(C(F)(F)F)cc2n1C. The van der Waals surface area contributed by atoms with Gasteiger partial charge < -0.3 is 24.3 Å². The predicted octanol–water partition coefficient (Wildman–Crippen LogP) is 6.59. The van der Waals surface area contributed by atoms with Gasteiger partial charge in [0.05, 0.1) is 34.4 Å². The number of ketones is 1. The van der Waals surface area contributed by atoms with Gasteiger partial charge in [0.25, 0.3) is 0 Å². The first-order chi connectivity index (χ1) is 22.4. The number of aryl methyl sites for hydroxylation is 2. The molecule has 1 amide bonds. The van der Waals surface area contributed by atoms with Crippen LogP contribution in [0, 0.1) is 18.6 Å². The summed E-state index contributed by atoms with van der Waals surface area (Å²) in [5, 5.41) is 5.37. The molecule has 0 radical (unpaired) electrons. The maximum absolute atomic E-state index is 15.0. The lowest BCUT2D eigenvalue weighted by Crippen LogP contribution is -2.36. The van der Waals surface area contributed by atoms with Crippen LogP contribution in [0.3, 0.4) is 0 Å². The Bertz CT molecular complexity index is 2020. The van der Waals surface area contributed by atoms with E-state index in [1.54, 1.807) is 18.5 Å². The van der Waals surface area contributed by atoms with Gasteiger partial charge in [-0.25, -0.2) is 13.8 Å². The molecule has 1 atom stereocenters. The van der Waals surface area contributed by atoms with Crippen LogP contribution in [0.2, 0.25) is 0 Å². The highest BCUT2D eigenvalue weighted by Crippen LogP contribution is 2.41. The van der Waals surface area contributed by atoms with Crippen molar-refractivity contribution < 1.29 is 36.3 Å². The molecule has 0 spiro atoms. The number of carbonyl (C=O) groups is 2. The molecule has 4 heterocycles. The summed E-state index contributed by atoms with van der Waals surface area (Å²) in [6, 6.07) is 10.0. The molecular formula is C34H30F5N5O3. The Labute approximate surface area is 265 Å². The topological polar surface area (TPSA) is 89.7 Å². The molecule has 2 N–H and O–H groups in total. The third-order valence-corrected chi connectivity index (χ3v) is 8.27. The Morgan fingerprint density at radius 1 is 1.06 bits per heavy atom. The largest absolute Gasteiger partial charge is 0.417 e. The molecule has 244 valence electrons. The summed E-state index contributed by atoms with van der Waals surface area (Å²) < 4.78 is 81.3. The number of hydrogen-bond acceptors (Lipinski definition) is 5. The van der Waals surface area contributed by atoms with Gasteiger partial charge in [0, 0.05) is 49.6 Å². The third kappa shape index (κ3) is 6.41. The van der Waals surface area contributed by atoms with Crippen molar-refractivity contribution in [2.45, 2.75) is 32.0 Å². The molecule has 13 heteroatoms. The summed E-state index contributed by atoms with van der Waals surface area (Å²) >= 11 is 0. The van der Waals surface area contributed by atoms with E-state index < -0.39 is 40.8 Å². The average Bonchev–Trinajstić information content (AvgIpc) is 3.60. The van der Waals surface area contributed by atoms with Crippen LogP contribution in [0.1, 0.15) is 40.3 Å². The summed E-state index contributed by atoms with van der Waals surface area (Å²) in [6.07, 6.45) is 1.34. The molecule has 1 aliphatic rings. The molecule has 3 aromatic heterocycles. The molecule has 5 aromatic rings. The van der Waals surface area contributed by atoms with Crippen LogP contribution in [-0.2, 0) is 22.8 Å². The fourth-order valence-corrected chi connectivity index (χ4v) is 5.81. The first-order valence-electron chi connectivity index (χ1n) is 14.9. The van der Waals surface area contributed by atoms with Gasteiger partial charge in [-0.1, -0.05) is 12.1 Å². The second-order valence-corrected chi connectivity index (χ2v) is 11.4. The standard InChI is InChI=1S/C34H30F5N5O3/c1-19-41-27-16-23(24(34(37,38)39)17-30(27)43(19)2)22-7-4-12-44-28(22)9-10-29(44)33(46)20-14-25(35)32(26(36)15-20)42-31(45)8-3-11-40-21-6-5-13-47-18-21/h3-4,7-10,12,14-17,21,40H,5-6,11,13,18H2,1-2H3,(H,42,45)/b8-3+. The van der Waals surface area contributed by atoms with Gasteiger partial charge in [0.2, 0.25) is 11.7 Å². The van der Waals surface area contributed by atoms with E-state index in [2.05, 4.69) is 15.6 Å². The molecule has 1 saturated heterocycles. The van der Waals surface area contributed by atoms with Crippen molar-refractivity contribution >= 4 is 33.9 Å². The Hall–Kier alpha value is -4.88. The van der Waals surface area contributed by atoms with Gasteiger partial charge in [0.1, 0.15) is 23.1 Å². The van der Waals surface area contributed by atoms with Crippen molar-refractivity contribution in [3.05, 3.63) is 101 Å². The number of halogens is 5. The zero-order chi connectivity index (χ0) is 33.5. The smallest absolute Gasteiger partial charge is 0.380 e. The second-order valence-electron chi connectivity index (χ2n) is 11.4. The molecule has 0 aliphatic carbocycles. The van der Waals surface area contributed by atoms with Gasteiger partial charge in [-0.05, 0) is 67.8 Å². The molecule has 1 aliphatic heterocycles. The quantitative estimate of drug-likeness (QED) is 0.112. The number of nitrogens with zero attached hydrogens (tertiary/aromatic N) is 3. The molecule has 47 heavy (non-hydrogen) atoms. The van der Waals surface area contributed by atoms with Crippen molar-refractivity contribution in [3.8, 4) is 11.1 Å². The van der Waals surface area contributed by atoms with Crippen LogP contribution in [0.5, 0.6) is 0 Å². The molecule has 1 unspecified atom stereocenters. The Balaban J connectivity index is 1.26. The first-order valence-corrected chi connectivity index (χ1v) is 14.9. The van der Waals surface area contributed by atoms with Gasteiger partial charge in [-0.15, -0.1) is 0 Å². The van der Waals surface area contributed by atoms with E-state index in [0.29, 0.717) is 30.0 Å². The summed E-state index contributed by atoms with van der Waals surface area (Å²) in [5.74, 6) is -3.32. The number of ether oxygens (including phenoxy) is 1. The van der Waals surface area contributed by atoms with Crippen LogP contribution in [0.25, 0.3) is 27.7 Å². The monoisotopic (exact) mass is 651 g/mol. The zero-order valence-corrected chi connectivity index (χ0v) is 25.4. The molecule has 6 rings (SSSR count). The van der Waals surface area contributed by atoms with E-state index in [0.717, 1.165) is 43.7 Å². The summed E-state index contributed by atoms with van der Waals surface area (Å²) in [6.45, 7) is 3.34. The minimum atomic E-state index is -4.69. The van der Waals surface area contributed by atoms with Crippen molar-refractivity contribution in [3.63, 3.8) is 0 Å². The van der Waals surface area contributed by atoms with Gasteiger partial charge >= 0.3 is 6.18 Å². The minimum Gasteiger partial charge on any atom is -0.380 e. The fraction of sp³-hybridized carbons (Fsp3) is 0.265. The number of hydrogen-bond donors (Lipinski definition) is 2. The maximum atomic E-state index is 15.0. The highest BCUT2D eigenvalue weighted by atomic mass is 19.4. The lowest BCUT2D eigenvalue weighted by molar-refractivity contribution is -0.137. The van der Waals surface area contributed by atoms with E-state index in [9.17, 15) is 22.8 Å².